The van der Waals surface area contributed by atoms with Gasteiger partial charge in [-0.1, -0.05) is 140 Å². The highest BCUT2D eigenvalue weighted by molar-refractivity contribution is 8.01. The fourth-order valence-electron chi connectivity index (χ4n) is 3.06. The fourth-order valence-corrected chi connectivity index (χ4v) is 4.56. The second kappa shape index (κ2) is 16.7. The molecule has 0 spiro atoms. The average molecular weight is 546 g/mol. The Hall–Kier alpha value is -0.850. The van der Waals surface area contributed by atoms with E-state index in [1.165, 1.54) is 16.7 Å². The number of rotatable bonds is 7. The van der Waals surface area contributed by atoms with Crippen LogP contribution in [0.1, 0.15) is 30.5 Å². The van der Waals surface area contributed by atoms with Crippen molar-refractivity contribution in [3.05, 3.63) is 108 Å². The Morgan fingerprint density at radius 3 is 1.18 bits per heavy atom. The van der Waals surface area contributed by atoms with Crippen LogP contribution < -0.4 is 0 Å². The van der Waals surface area contributed by atoms with E-state index in [-0.39, 0.29) is 28.5 Å². The number of hydrogen-bond donors (Lipinski definition) is 3. The largest absolute Gasteiger partial charge is 0.395 e. The molecule has 0 amide bonds. The maximum atomic E-state index is 9.72. The number of benzene rings is 3. The molecule has 0 radical (unpaired) electrons. The number of thiol groups is 1. The summed E-state index contributed by atoms with van der Waals surface area (Å²) in [5.41, 5.74) is 3.69. The molecule has 2 atom stereocenters. The molecule has 0 aromatic heterocycles. The number of thioether (sulfide) groups is 1. The molecular formula is C26H31Cl3O2S2. The van der Waals surface area contributed by atoms with Gasteiger partial charge in [-0.3, -0.25) is 0 Å². The van der Waals surface area contributed by atoms with Crippen molar-refractivity contribution < 1.29 is 10.2 Å². The average Bonchev–Trinajstić information content (AvgIpc) is 2.84. The van der Waals surface area contributed by atoms with Crippen LogP contribution in [0, 0.1) is 0 Å². The highest BCUT2D eigenvalue weighted by atomic mass is 35.6. The van der Waals surface area contributed by atoms with Crippen molar-refractivity contribution in [2.45, 2.75) is 33.4 Å². The molecule has 0 aliphatic carbocycles. The van der Waals surface area contributed by atoms with Crippen molar-refractivity contribution in [1.29, 1.82) is 0 Å². The smallest absolute Gasteiger partial charge is 0.180 e. The summed E-state index contributed by atoms with van der Waals surface area (Å²) in [5.74, 6) is 0. The molecular weight excluding hydrogens is 515 g/mol. The zero-order valence-corrected chi connectivity index (χ0v) is 22.7. The lowest BCUT2D eigenvalue weighted by atomic mass is 9.84. The van der Waals surface area contributed by atoms with Crippen molar-refractivity contribution in [1.82, 2.24) is 0 Å². The number of alkyl halides is 3. The van der Waals surface area contributed by atoms with Gasteiger partial charge >= 0.3 is 0 Å². The lowest BCUT2D eigenvalue weighted by molar-refractivity contribution is 0.299. The molecule has 0 fully saturated rings. The first kappa shape index (κ1) is 30.2. The Balaban J connectivity index is 0.000000517. The zero-order valence-electron chi connectivity index (χ0n) is 18.7. The summed E-state index contributed by atoms with van der Waals surface area (Å²) in [7, 11) is 0. The van der Waals surface area contributed by atoms with Gasteiger partial charge in [0.15, 0.2) is 4.30 Å². The molecule has 0 aliphatic rings. The summed E-state index contributed by atoms with van der Waals surface area (Å²) < 4.78 is -1.09. The minimum atomic E-state index is -0.750. The highest BCUT2D eigenvalue weighted by Gasteiger charge is 2.38. The summed E-state index contributed by atoms with van der Waals surface area (Å²) in [4.78, 5) is 0. The quantitative estimate of drug-likeness (QED) is 0.165. The summed E-state index contributed by atoms with van der Waals surface area (Å²) in [6.07, 6.45) is 0. The maximum absolute atomic E-state index is 9.72. The Labute approximate surface area is 222 Å². The molecule has 0 bridgehead atoms. The van der Waals surface area contributed by atoms with Gasteiger partial charge in [-0.25, -0.2) is 0 Å². The fraction of sp³-hybridized carbons (Fsp3) is 0.308. The number of aliphatic hydroxyl groups is 2. The Kier molecular flexibility index (Phi) is 15.3. The van der Waals surface area contributed by atoms with Crippen molar-refractivity contribution >= 4 is 59.2 Å². The summed E-state index contributed by atoms with van der Waals surface area (Å²) in [5, 5.41) is 18.0. The molecule has 2 N–H and O–H groups in total. The minimum absolute atomic E-state index is 0.116. The van der Waals surface area contributed by atoms with E-state index in [0.29, 0.717) is 0 Å². The molecule has 3 rings (SSSR count). The van der Waals surface area contributed by atoms with Gasteiger partial charge < -0.3 is 10.2 Å². The molecule has 7 heteroatoms. The van der Waals surface area contributed by atoms with E-state index in [4.69, 9.17) is 39.9 Å². The Morgan fingerprint density at radius 1 is 0.697 bits per heavy atom. The lowest BCUT2D eigenvalue weighted by Crippen LogP contribution is -2.28. The van der Waals surface area contributed by atoms with Gasteiger partial charge in [0, 0.05) is 10.5 Å². The van der Waals surface area contributed by atoms with Gasteiger partial charge in [0.1, 0.15) is 0 Å². The first-order valence-corrected chi connectivity index (χ1v) is 13.1. The molecule has 0 aliphatic heterocycles. The topological polar surface area (TPSA) is 40.5 Å². The van der Waals surface area contributed by atoms with E-state index in [9.17, 15) is 5.11 Å². The van der Waals surface area contributed by atoms with Gasteiger partial charge in [-0.05, 0) is 16.7 Å². The van der Waals surface area contributed by atoms with Gasteiger partial charge in [-0.15, -0.1) is 11.8 Å². The van der Waals surface area contributed by atoms with Crippen LogP contribution in [0.4, 0.5) is 0 Å². The standard InChI is InChI=1S/C22H22OS.C3H8OS.CHCl3/c1-18(17-23)24-22(19-11-5-2-6-12-19,20-13-7-3-8-14-20)21-15-9-4-10-16-21;1-3(5)2-4;2-1(3)4/h2-16,18,23H,17H2,1H3;3-5H,2H2,1H3;1H/t18-;3-;/m11./s1. The number of halogens is 3. The van der Waals surface area contributed by atoms with Gasteiger partial charge in [-0.2, -0.15) is 12.6 Å². The third kappa shape index (κ3) is 10.5. The van der Waals surface area contributed by atoms with Crippen LogP contribution in [0.3, 0.4) is 0 Å². The van der Waals surface area contributed by atoms with E-state index in [1.807, 2.05) is 25.1 Å². The molecule has 3 aromatic carbocycles. The molecule has 0 heterocycles. The number of aliphatic hydroxyl groups excluding tert-OH is 2. The molecule has 180 valence electrons. The third-order valence-electron chi connectivity index (χ3n) is 4.44. The molecule has 3 aromatic rings. The Morgan fingerprint density at radius 2 is 0.970 bits per heavy atom. The summed E-state index contributed by atoms with van der Waals surface area (Å²) in [6, 6.07) is 31.7. The highest BCUT2D eigenvalue weighted by Crippen LogP contribution is 2.49. The second-order valence-corrected chi connectivity index (χ2v) is 11.7. The zero-order chi connectivity index (χ0) is 24.7. The van der Waals surface area contributed by atoms with Crippen LogP contribution in [0.25, 0.3) is 0 Å². The van der Waals surface area contributed by atoms with Crippen LogP contribution in [0.5, 0.6) is 0 Å². The van der Waals surface area contributed by atoms with E-state index in [2.05, 4.69) is 92.3 Å². The molecule has 0 unspecified atom stereocenters. The molecule has 33 heavy (non-hydrogen) atoms. The van der Waals surface area contributed by atoms with Gasteiger partial charge in [0.25, 0.3) is 0 Å². The van der Waals surface area contributed by atoms with Crippen LogP contribution in [-0.2, 0) is 4.75 Å². The molecule has 0 saturated carbocycles. The Bertz CT molecular complexity index is 767. The van der Waals surface area contributed by atoms with Crippen molar-refractivity contribution in [3.63, 3.8) is 0 Å². The minimum Gasteiger partial charge on any atom is -0.395 e. The third-order valence-corrected chi connectivity index (χ3v) is 6.22. The van der Waals surface area contributed by atoms with E-state index in [1.54, 1.807) is 11.8 Å². The molecule has 0 saturated heterocycles. The lowest BCUT2D eigenvalue weighted by Gasteiger charge is -2.37. The monoisotopic (exact) mass is 544 g/mol. The van der Waals surface area contributed by atoms with Crippen molar-refractivity contribution in [3.8, 4) is 0 Å². The van der Waals surface area contributed by atoms with Crippen molar-refractivity contribution in [2.75, 3.05) is 13.2 Å². The number of hydrogen-bond acceptors (Lipinski definition) is 4. The van der Waals surface area contributed by atoms with Crippen LogP contribution in [0.2, 0.25) is 0 Å². The van der Waals surface area contributed by atoms with Crippen molar-refractivity contribution in [2.24, 2.45) is 0 Å². The SMILES string of the molecule is C[C@@H](S)CO.C[C@H](CO)SC(c1ccccc1)(c1ccccc1)c1ccccc1.ClC(Cl)Cl. The second-order valence-electron chi connectivity index (χ2n) is 7.17. The normalized spacial score (nSPS) is 12.6. The van der Waals surface area contributed by atoms with E-state index >= 15 is 0 Å². The first-order valence-electron chi connectivity index (χ1n) is 10.4. The van der Waals surface area contributed by atoms with Gasteiger partial charge in [0.2, 0.25) is 0 Å². The van der Waals surface area contributed by atoms with Crippen LogP contribution in [-0.4, -0.2) is 38.2 Å². The predicted molar refractivity (Wildman–Crippen MR) is 150 cm³/mol. The summed E-state index contributed by atoms with van der Waals surface area (Å²) >= 11 is 20.1. The van der Waals surface area contributed by atoms with E-state index < -0.39 is 4.30 Å². The predicted octanol–water partition coefficient (Wildman–Crippen LogP) is 7.38. The van der Waals surface area contributed by atoms with E-state index in [0.717, 1.165) is 0 Å². The molecule has 2 nitrogen and oxygen atoms in total. The van der Waals surface area contributed by atoms with Crippen LogP contribution in [0.15, 0.2) is 91.0 Å². The first-order chi connectivity index (χ1) is 15.8. The maximum Gasteiger partial charge on any atom is 0.180 e. The summed E-state index contributed by atoms with van der Waals surface area (Å²) in [6.45, 7) is 4.24. The van der Waals surface area contributed by atoms with Gasteiger partial charge in [0.05, 0.1) is 18.0 Å². The van der Waals surface area contributed by atoms with Crippen LogP contribution >= 0.6 is 59.2 Å².